The predicted octanol–water partition coefficient (Wildman–Crippen LogP) is 6.21. The summed E-state index contributed by atoms with van der Waals surface area (Å²) in [5, 5.41) is 0. The Hall–Kier alpha value is -4.15. The Morgan fingerprint density at radius 1 is 0.763 bits per heavy atom. The molecule has 2 nitrogen and oxygen atoms in total. The van der Waals surface area contributed by atoms with E-state index in [0.717, 1.165) is 19.2 Å². The van der Waals surface area contributed by atoms with Crippen LogP contribution in [0.3, 0.4) is 0 Å². The molecule has 0 amide bonds. The van der Waals surface area contributed by atoms with Crippen LogP contribution in [-0.2, 0) is 6.17 Å². The topological polar surface area (TPSA) is 17.8 Å². The monoisotopic (exact) mass is 508 g/mol. The van der Waals surface area contributed by atoms with Crippen LogP contribution in [0.25, 0.3) is 17.1 Å². The highest BCUT2D eigenvalue weighted by Gasteiger charge is 2.13. The maximum Gasteiger partial charge on any atom is 0.239 e. The van der Waals surface area contributed by atoms with Crippen molar-refractivity contribution in [3.63, 3.8) is 0 Å². The van der Waals surface area contributed by atoms with Gasteiger partial charge in [0.2, 0.25) is 7.28 Å². The van der Waals surface area contributed by atoms with E-state index in [4.69, 9.17) is 4.98 Å². The SMILES string of the molecule is CC(C=C(c1ccccc1)c1ccccc1)[SiH2]Cn1ccnc1BC(=Cc1ccccc1)c1ccccc1. The van der Waals surface area contributed by atoms with Gasteiger partial charge in [0.15, 0.2) is 0 Å². The number of allylic oxidation sites excluding steroid dienone is 1. The lowest BCUT2D eigenvalue weighted by Crippen LogP contribution is -2.29. The minimum absolute atomic E-state index is 0.434. The fourth-order valence-corrected chi connectivity index (χ4v) is 6.32. The van der Waals surface area contributed by atoms with E-state index in [2.05, 4.69) is 151 Å². The Labute approximate surface area is 229 Å². The second kappa shape index (κ2) is 12.9. The molecular weight excluding hydrogens is 475 g/mol. The lowest BCUT2D eigenvalue weighted by molar-refractivity contribution is 0.891. The summed E-state index contributed by atoms with van der Waals surface area (Å²) in [7, 11) is 0.376. The Balaban J connectivity index is 1.35. The van der Waals surface area contributed by atoms with Gasteiger partial charge in [-0.1, -0.05) is 146 Å². The summed E-state index contributed by atoms with van der Waals surface area (Å²) in [6.07, 6.45) is 9.95. The first-order chi connectivity index (χ1) is 18.8. The largest absolute Gasteiger partial charge is 0.346 e. The van der Waals surface area contributed by atoms with Gasteiger partial charge in [0.05, 0.1) is 15.2 Å². The molecule has 0 aliphatic carbocycles. The summed E-state index contributed by atoms with van der Waals surface area (Å²) >= 11 is 0. The van der Waals surface area contributed by atoms with Crippen LogP contribution in [0.2, 0.25) is 5.54 Å². The number of rotatable bonds is 10. The number of aromatic nitrogens is 2. The van der Waals surface area contributed by atoms with Gasteiger partial charge in [-0.3, -0.25) is 4.98 Å². The van der Waals surface area contributed by atoms with Gasteiger partial charge in [-0.05, 0) is 33.4 Å². The van der Waals surface area contributed by atoms with Gasteiger partial charge in [-0.25, -0.2) is 0 Å². The quantitative estimate of drug-likeness (QED) is 0.162. The molecule has 0 bridgehead atoms. The van der Waals surface area contributed by atoms with E-state index in [-0.39, 0.29) is 0 Å². The first-order valence-electron chi connectivity index (χ1n) is 13.4. The molecule has 0 saturated carbocycles. The molecule has 0 fully saturated rings. The van der Waals surface area contributed by atoms with E-state index in [0.29, 0.717) is 5.54 Å². The number of imidazole rings is 1. The van der Waals surface area contributed by atoms with Crippen molar-refractivity contribution in [3.05, 3.63) is 162 Å². The van der Waals surface area contributed by atoms with E-state index in [1.54, 1.807) is 0 Å². The van der Waals surface area contributed by atoms with Crippen molar-refractivity contribution in [2.75, 3.05) is 0 Å². The van der Waals surface area contributed by atoms with Crippen molar-refractivity contribution in [3.8, 4) is 0 Å². The summed E-state index contributed by atoms with van der Waals surface area (Å²) in [4.78, 5) is 4.79. The summed E-state index contributed by atoms with van der Waals surface area (Å²) < 4.78 is 2.38. The zero-order valence-corrected chi connectivity index (χ0v) is 23.4. The molecule has 0 saturated heterocycles. The van der Waals surface area contributed by atoms with Gasteiger partial charge < -0.3 is 4.57 Å². The zero-order chi connectivity index (χ0) is 26.0. The van der Waals surface area contributed by atoms with Crippen LogP contribution < -0.4 is 5.72 Å². The molecule has 1 atom stereocenters. The van der Waals surface area contributed by atoms with E-state index in [1.807, 2.05) is 6.20 Å². The fourth-order valence-electron chi connectivity index (χ4n) is 4.83. The van der Waals surface area contributed by atoms with Crippen LogP contribution in [0.1, 0.15) is 29.2 Å². The normalized spacial score (nSPS) is 12.4. The highest BCUT2D eigenvalue weighted by molar-refractivity contribution is 6.73. The maximum atomic E-state index is 4.79. The minimum atomic E-state index is -0.434. The summed E-state index contributed by atoms with van der Waals surface area (Å²) in [5.41, 5.74) is 9.31. The summed E-state index contributed by atoms with van der Waals surface area (Å²) in [6, 6.07) is 42.8. The third-order valence-electron chi connectivity index (χ3n) is 6.88. The van der Waals surface area contributed by atoms with Crippen molar-refractivity contribution < 1.29 is 0 Å². The second-order valence-electron chi connectivity index (χ2n) is 9.74. The van der Waals surface area contributed by atoms with Crippen LogP contribution in [0.4, 0.5) is 0 Å². The van der Waals surface area contributed by atoms with Crippen LogP contribution in [0.5, 0.6) is 0 Å². The number of nitrogens with zero attached hydrogens (tertiary/aromatic N) is 2. The molecule has 0 radical (unpaired) electrons. The van der Waals surface area contributed by atoms with Gasteiger partial charge in [0, 0.05) is 18.6 Å². The maximum absolute atomic E-state index is 4.79. The van der Waals surface area contributed by atoms with Gasteiger partial charge >= 0.3 is 0 Å². The molecule has 5 rings (SSSR count). The fraction of sp³-hybridized carbons (Fsp3) is 0.0882. The number of hydrogen-bond acceptors (Lipinski definition) is 1. The molecular formula is C34H33BN2Si. The average molecular weight is 509 g/mol. The molecule has 0 N–H and O–H groups in total. The van der Waals surface area contributed by atoms with Gasteiger partial charge in [0.25, 0.3) is 0 Å². The van der Waals surface area contributed by atoms with Gasteiger partial charge in [-0.15, -0.1) is 0 Å². The van der Waals surface area contributed by atoms with E-state index in [1.165, 1.54) is 33.3 Å². The smallest absolute Gasteiger partial charge is 0.239 e. The van der Waals surface area contributed by atoms with Gasteiger partial charge in [-0.2, -0.15) is 0 Å². The second-order valence-corrected chi connectivity index (χ2v) is 12.1. The van der Waals surface area contributed by atoms with Crippen molar-refractivity contribution in [1.29, 1.82) is 0 Å². The molecule has 0 aliphatic heterocycles. The highest BCUT2D eigenvalue weighted by Crippen LogP contribution is 2.26. The Bertz CT molecular complexity index is 1440. The Kier molecular flexibility index (Phi) is 8.65. The van der Waals surface area contributed by atoms with Crippen molar-refractivity contribution in [1.82, 2.24) is 9.55 Å². The van der Waals surface area contributed by atoms with E-state index in [9.17, 15) is 0 Å². The molecule has 0 spiro atoms. The molecule has 1 aromatic heterocycles. The van der Waals surface area contributed by atoms with Crippen molar-refractivity contribution in [2.45, 2.75) is 18.6 Å². The third-order valence-corrected chi connectivity index (χ3v) is 8.77. The van der Waals surface area contributed by atoms with Gasteiger partial charge in [0.1, 0.15) is 0 Å². The van der Waals surface area contributed by atoms with E-state index >= 15 is 0 Å². The highest BCUT2D eigenvalue weighted by atomic mass is 28.2. The lowest BCUT2D eigenvalue weighted by Gasteiger charge is -2.14. The van der Waals surface area contributed by atoms with Crippen molar-refractivity contribution >= 4 is 39.6 Å². The van der Waals surface area contributed by atoms with Crippen molar-refractivity contribution in [2.24, 2.45) is 0 Å². The first kappa shape index (κ1) is 25.5. The standard InChI is InChI=1S/C34H33BN2Si/c1-27(24-32(29-16-8-3-9-17-29)30-18-10-4-11-19-30)38-26-37-23-22-36-34(37)35-33(31-20-12-5-13-21-31)25-28-14-6-2-7-15-28/h2-25,27,35H,26,38H2,1H3. The average Bonchev–Trinajstić information content (AvgIpc) is 3.43. The van der Waals surface area contributed by atoms with Crippen LogP contribution in [0, 0.1) is 0 Å². The summed E-state index contributed by atoms with van der Waals surface area (Å²) in [5.74, 6) is 0. The first-order valence-corrected chi connectivity index (χ1v) is 15.2. The van der Waals surface area contributed by atoms with E-state index < -0.39 is 9.52 Å². The molecule has 1 unspecified atom stereocenters. The molecule has 0 aliphatic rings. The Morgan fingerprint density at radius 2 is 1.29 bits per heavy atom. The molecule has 5 aromatic rings. The zero-order valence-electron chi connectivity index (χ0n) is 21.9. The predicted molar refractivity (Wildman–Crippen MR) is 168 cm³/mol. The molecule has 186 valence electrons. The Morgan fingerprint density at radius 3 is 1.87 bits per heavy atom. The molecule has 38 heavy (non-hydrogen) atoms. The lowest BCUT2D eigenvalue weighted by atomic mass is 9.65. The number of benzene rings is 4. The number of hydrogen-bond donors (Lipinski definition) is 0. The summed E-state index contributed by atoms with van der Waals surface area (Å²) in [6.45, 7) is 2.37. The van der Waals surface area contributed by atoms with Crippen LogP contribution in [0.15, 0.2) is 140 Å². The minimum Gasteiger partial charge on any atom is -0.346 e. The molecule has 4 heteroatoms. The van der Waals surface area contributed by atoms with Crippen LogP contribution in [-0.4, -0.2) is 26.4 Å². The molecule has 4 aromatic carbocycles. The van der Waals surface area contributed by atoms with Crippen LogP contribution >= 0.6 is 0 Å². The molecule has 1 heterocycles. The third kappa shape index (κ3) is 6.78.